The Bertz CT molecular complexity index is 636. The highest BCUT2D eigenvalue weighted by molar-refractivity contribution is 6.35. The van der Waals surface area contributed by atoms with Gasteiger partial charge in [-0.1, -0.05) is 35.3 Å². The maximum absolute atomic E-state index is 11.9. The molecule has 0 bridgehead atoms. The van der Waals surface area contributed by atoms with Crippen LogP contribution in [0, 0.1) is 0 Å². The molecule has 2 rings (SSSR count). The van der Waals surface area contributed by atoms with E-state index in [1.807, 2.05) is 0 Å². The van der Waals surface area contributed by atoms with Gasteiger partial charge in [0.25, 0.3) is 5.91 Å². The fourth-order valence-electron chi connectivity index (χ4n) is 1.80. The molecule has 0 saturated carbocycles. The summed E-state index contributed by atoms with van der Waals surface area (Å²) in [5.74, 6) is 0.523. The third-order valence-corrected chi connectivity index (χ3v) is 3.64. The van der Waals surface area contributed by atoms with Gasteiger partial charge in [0.05, 0.1) is 0 Å². The third kappa shape index (κ3) is 3.90. The summed E-state index contributed by atoms with van der Waals surface area (Å²) in [5, 5.41) is 1.12. The third-order valence-electron chi connectivity index (χ3n) is 2.93. The van der Waals surface area contributed by atoms with Crippen molar-refractivity contribution in [1.29, 1.82) is 0 Å². The predicted molar refractivity (Wildman–Crippen MR) is 85.3 cm³/mol. The Balaban J connectivity index is 2.14. The molecule has 21 heavy (non-hydrogen) atoms. The maximum atomic E-state index is 11.9. The van der Waals surface area contributed by atoms with Gasteiger partial charge in [-0.25, -0.2) is 0 Å². The summed E-state index contributed by atoms with van der Waals surface area (Å²) in [5.41, 5.74) is 1.30. The quantitative estimate of drug-likeness (QED) is 0.840. The zero-order valence-corrected chi connectivity index (χ0v) is 13.3. The standard InChI is InChI=1S/C16H15Cl2NO2/c1-19(2)16(20)11-5-3-6-12(9-11)21-10-13-14(17)7-4-8-15(13)18/h3-9H,10H2,1-2H3. The summed E-state index contributed by atoms with van der Waals surface area (Å²) < 4.78 is 5.68. The lowest BCUT2D eigenvalue weighted by Crippen LogP contribution is -2.21. The second kappa shape index (κ2) is 6.83. The summed E-state index contributed by atoms with van der Waals surface area (Å²) in [6, 6.07) is 12.3. The first-order valence-corrected chi connectivity index (χ1v) is 7.12. The van der Waals surface area contributed by atoms with Gasteiger partial charge in [0.1, 0.15) is 12.4 Å². The molecule has 0 saturated heterocycles. The largest absolute Gasteiger partial charge is 0.489 e. The summed E-state index contributed by atoms with van der Waals surface area (Å²) in [6.07, 6.45) is 0. The molecule has 0 spiro atoms. The van der Waals surface area contributed by atoms with Crippen LogP contribution in [0.1, 0.15) is 15.9 Å². The van der Waals surface area contributed by atoms with Crippen LogP contribution in [-0.2, 0) is 6.61 Å². The number of carbonyl (C=O) groups excluding carboxylic acids is 1. The Hall–Kier alpha value is -1.71. The summed E-state index contributed by atoms with van der Waals surface area (Å²) in [4.78, 5) is 13.4. The normalized spacial score (nSPS) is 10.3. The van der Waals surface area contributed by atoms with Gasteiger partial charge in [0, 0.05) is 35.3 Å². The minimum absolute atomic E-state index is 0.0729. The first-order chi connectivity index (χ1) is 9.99. The van der Waals surface area contributed by atoms with Crippen molar-refractivity contribution in [3.8, 4) is 5.75 Å². The van der Waals surface area contributed by atoms with Crippen LogP contribution in [-0.4, -0.2) is 24.9 Å². The molecule has 0 aromatic heterocycles. The Morgan fingerprint density at radius 2 is 1.71 bits per heavy atom. The van der Waals surface area contributed by atoms with Crippen LogP contribution in [0.3, 0.4) is 0 Å². The van der Waals surface area contributed by atoms with Crippen molar-refractivity contribution in [2.24, 2.45) is 0 Å². The number of amides is 1. The molecular formula is C16H15Cl2NO2. The number of hydrogen-bond donors (Lipinski definition) is 0. The molecule has 0 unspecified atom stereocenters. The smallest absolute Gasteiger partial charge is 0.253 e. The Morgan fingerprint density at radius 1 is 1.10 bits per heavy atom. The van der Waals surface area contributed by atoms with Crippen molar-refractivity contribution in [1.82, 2.24) is 4.90 Å². The first kappa shape index (κ1) is 15.7. The van der Waals surface area contributed by atoms with Gasteiger partial charge in [-0.3, -0.25) is 4.79 Å². The molecule has 0 aliphatic heterocycles. The molecule has 110 valence electrons. The molecule has 5 heteroatoms. The molecular weight excluding hydrogens is 309 g/mol. The van der Waals surface area contributed by atoms with Crippen molar-refractivity contribution in [3.05, 3.63) is 63.6 Å². The number of carbonyl (C=O) groups is 1. The van der Waals surface area contributed by atoms with E-state index in [1.165, 1.54) is 4.90 Å². The molecule has 0 heterocycles. The van der Waals surface area contributed by atoms with Gasteiger partial charge >= 0.3 is 0 Å². The summed E-state index contributed by atoms with van der Waals surface area (Å²) in [7, 11) is 3.42. The second-order valence-corrected chi connectivity index (χ2v) is 5.53. The van der Waals surface area contributed by atoms with Crippen LogP contribution in [0.4, 0.5) is 0 Å². The lowest BCUT2D eigenvalue weighted by Gasteiger charge is -2.12. The molecule has 0 radical (unpaired) electrons. The van der Waals surface area contributed by atoms with Gasteiger partial charge in [-0.2, -0.15) is 0 Å². The highest BCUT2D eigenvalue weighted by Crippen LogP contribution is 2.26. The van der Waals surface area contributed by atoms with Crippen molar-refractivity contribution >= 4 is 29.1 Å². The number of nitrogens with zero attached hydrogens (tertiary/aromatic N) is 1. The lowest BCUT2D eigenvalue weighted by molar-refractivity contribution is 0.0827. The molecule has 0 aliphatic carbocycles. The fourth-order valence-corrected chi connectivity index (χ4v) is 2.31. The van der Waals surface area contributed by atoms with Crippen LogP contribution in [0.2, 0.25) is 10.0 Å². The van der Waals surface area contributed by atoms with Gasteiger partial charge in [0.2, 0.25) is 0 Å². The predicted octanol–water partition coefficient (Wildman–Crippen LogP) is 4.27. The van der Waals surface area contributed by atoms with Gasteiger partial charge in [-0.15, -0.1) is 0 Å². The van der Waals surface area contributed by atoms with Crippen LogP contribution >= 0.6 is 23.2 Å². The molecule has 3 nitrogen and oxygen atoms in total. The first-order valence-electron chi connectivity index (χ1n) is 6.36. The van der Waals surface area contributed by atoms with E-state index in [0.717, 1.165) is 5.56 Å². The highest BCUT2D eigenvalue weighted by atomic mass is 35.5. The lowest BCUT2D eigenvalue weighted by atomic mass is 10.2. The van der Waals surface area contributed by atoms with Crippen LogP contribution in [0.25, 0.3) is 0 Å². The monoisotopic (exact) mass is 323 g/mol. The van der Waals surface area contributed by atoms with E-state index in [1.54, 1.807) is 56.6 Å². The van der Waals surface area contributed by atoms with Crippen LogP contribution < -0.4 is 4.74 Å². The molecule has 0 N–H and O–H groups in total. The second-order valence-electron chi connectivity index (χ2n) is 4.72. The average molecular weight is 324 g/mol. The maximum Gasteiger partial charge on any atom is 0.253 e. The van der Waals surface area contributed by atoms with Crippen molar-refractivity contribution in [2.75, 3.05) is 14.1 Å². The number of rotatable bonds is 4. The SMILES string of the molecule is CN(C)C(=O)c1cccc(OCc2c(Cl)cccc2Cl)c1. The van der Waals surface area contributed by atoms with E-state index in [9.17, 15) is 4.79 Å². The topological polar surface area (TPSA) is 29.5 Å². The van der Waals surface area contributed by atoms with Crippen molar-refractivity contribution < 1.29 is 9.53 Å². The van der Waals surface area contributed by atoms with Crippen molar-refractivity contribution in [2.45, 2.75) is 6.61 Å². The van der Waals surface area contributed by atoms with E-state index < -0.39 is 0 Å². The van der Waals surface area contributed by atoms with E-state index >= 15 is 0 Å². The van der Waals surface area contributed by atoms with Crippen LogP contribution in [0.15, 0.2) is 42.5 Å². The Morgan fingerprint density at radius 3 is 2.33 bits per heavy atom. The highest BCUT2D eigenvalue weighted by Gasteiger charge is 2.10. The number of hydrogen-bond acceptors (Lipinski definition) is 2. The number of ether oxygens (including phenoxy) is 1. The summed E-state index contributed by atoms with van der Waals surface area (Å²) >= 11 is 12.2. The molecule has 2 aromatic rings. The molecule has 0 aliphatic rings. The van der Waals surface area contributed by atoms with E-state index in [4.69, 9.17) is 27.9 Å². The van der Waals surface area contributed by atoms with E-state index in [2.05, 4.69) is 0 Å². The minimum Gasteiger partial charge on any atom is -0.489 e. The molecule has 0 fully saturated rings. The number of benzene rings is 2. The van der Waals surface area contributed by atoms with Gasteiger partial charge in [0.15, 0.2) is 0 Å². The van der Waals surface area contributed by atoms with Gasteiger partial charge in [-0.05, 0) is 30.3 Å². The summed E-state index contributed by atoms with van der Waals surface area (Å²) in [6.45, 7) is 0.248. The Kier molecular flexibility index (Phi) is 5.10. The van der Waals surface area contributed by atoms with E-state index in [-0.39, 0.29) is 12.5 Å². The molecule has 1 amide bonds. The van der Waals surface area contributed by atoms with Gasteiger partial charge < -0.3 is 9.64 Å². The zero-order valence-electron chi connectivity index (χ0n) is 11.8. The molecule has 2 aromatic carbocycles. The van der Waals surface area contributed by atoms with E-state index in [0.29, 0.717) is 21.4 Å². The zero-order chi connectivity index (χ0) is 15.4. The average Bonchev–Trinajstić information content (AvgIpc) is 2.46. The Labute approximate surface area is 134 Å². The van der Waals surface area contributed by atoms with Crippen molar-refractivity contribution in [3.63, 3.8) is 0 Å². The van der Waals surface area contributed by atoms with Crippen LogP contribution in [0.5, 0.6) is 5.75 Å². The minimum atomic E-state index is -0.0729. The fraction of sp³-hybridized carbons (Fsp3) is 0.188. The molecule has 0 atom stereocenters. The number of halogens is 2.